The fourth-order valence-electron chi connectivity index (χ4n) is 7.57. The smallest absolute Gasteiger partial charge is 0.305 e. The zero-order chi connectivity index (χ0) is 29.2. The topological polar surface area (TPSA) is 142 Å². The van der Waals surface area contributed by atoms with E-state index in [1.54, 1.807) is 49.4 Å². The fourth-order valence-corrected chi connectivity index (χ4v) is 7.57. The van der Waals surface area contributed by atoms with E-state index in [2.05, 4.69) is 0 Å². The maximum Gasteiger partial charge on any atom is 0.305 e. The number of para-hydroxylation sites is 1. The monoisotopic (exact) mass is 558 g/mol. The number of hydrogen-bond acceptors (Lipinski definition) is 7. The van der Waals surface area contributed by atoms with Gasteiger partial charge in [0.05, 0.1) is 42.4 Å². The Kier molecular flexibility index (Phi) is 6.24. The van der Waals surface area contributed by atoms with Gasteiger partial charge in [-0.05, 0) is 56.0 Å². The second-order valence-electron chi connectivity index (χ2n) is 11.4. The second kappa shape index (κ2) is 9.57. The van der Waals surface area contributed by atoms with E-state index < -0.39 is 64.6 Å². The van der Waals surface area contributed by atoms with Crippen LogP contribution in [-0.4, -0.2) is 58.4 Å². The Bertz CT molecular complexity index is 1520. The number of anilines is 1. The van der Waals surface area contributed by atoms with Crippen molar-refractivity contribution in [1.29, 1.82) is 0 Å². The number of rotatable bonds is 6. The van der Waals surface area contributed by atoms with Gasteiger partial charge < -0.3 is 14.9 Å². The Labute approximate surface area is 236 Å². The van der Waals surface area contributed by atoms with Gasteiger partial charge >= 0.3 is 5.97 Å². The first-order valence-corrected chi connectivity index (χ1v) is 13.7. The standard InChI is InChI=1S/C31H30N2O8/c1-31-22(28(38)33(30(31)40)16-6-4-3-5-7-16)15-20-18(26(31)21-14-17(41-2)8-11-23(21)34)9-10-19-25(20)29(39)32(27(19)37)13-12-24(35)36/h3-9,11,14,19-20,22,25-26,34H,10,12-13,15H2,1-2H3,(H,35,36). The van der Waals surface area contributed by atoms with Gasteiger partial charge in [-0.3, -0.25) is 28.9 Å². The fraction of sp³-hybridized carbons (Fsp3) is 0.387. The molecule has 212 valence electrons. The third-order valence-electron chi connectivity index (χ3n) is 9.48. The van der Waals surface area contributed by atoms with Gasteiger partial charge in [0.2, 0.25) is 23.6 Å². The number of likely N-dealkylation sites (tertiary alicyclic amines) is 1. The summed E-state index contributed by atoms with van der Waals surface area (Å²) in [6.07, 6.45) is 1.93. The molecular weight excluding hydrogens is 528 g/mol. The van der Waals surface area contributed by atoms with Gasteiger partial charge in [-0.2, -0.15) is 0 Å². The first kappa shape index (κ1) is 26.7. The van der Waals surface area contributed by atoms with E-state index >= 15 is 0 Å². The molecule has 3 fully saturated rings. The first-order valence-electron chi connectivity index (χ1n) is 13.7. The molecule has 0 aromatic heterocycles. The van der Waals surface area contributed by atoms with Gasteiger partial charge in [-0.1, -0.05) is 29.8 Å². The van der Waals surface area contributed by atoms with E-state index in [4.69, 9.17) is 9.84 Å². The number of hydrogen-bond donors (Lipinski definition) is 2. The van der Waals surface area contributed by atoms with Gasteiger partial charge in [-0.25, -0.2) is 4.90 Å². The van der Waals surface area contributed by atoms with Crippen LogP contribution in [0.4, 0.5) is 5.69 Å². The highest BCUT2D eigenvalue weighted by Crippen LogP contribution is 2.64. The number of ether oxygens (including phenoxy) is 1. The maximum absolute atomic E-state index is 14.3. The lowest BCUT2D eigenvalue weighted by molar-refractivity contribution is -0.142. The Morgan fingerprint density at radius 3 is 2.44 bits per heavy atom. The lowest BCUT2D eigenvalue weighted by Gasteiger charge is -2.49. The number of nitrogens with zero attached hydrogens (tertiary/aromatic N) is 2. The van der Waals surface area contributed by atoms with Gasteiger partial charge in [0.25, 0.3) is 0 Å². The molecule has 0 spiro atoms. The molecular formula is C31H30N2O8. The number of carboxylic acids is 1. The molecule has 2 aliphatic carbocycles. The van der Waals surface area contributed by atoms with Crippen molar-refractivity contribution in [2.45, 2.75) is 32.1 Å². The summed E-state index contributed by atoms with van der Waals surface area (Å²) >= 11 is 0. The molecule has 41 heavy (non-hydrogen) atoms. The minimum absolute atomic E-state index is 0.0743. The number of imide groups is 2. The van der Waals surface area contributed by atoms with Crippen LogP contribution in [0.15, 0.2) is 60.2 Å². The molecule has 2 aromatic carbocycles. The maximum atomic E-state index is 14.3. The van der Waals surface area contributed by atoms with Crippen LogP contribution in [0.3, 0.4) is 0 Å². The van der Waals surface area contributed by atoms with Crippen molar-refractivity contribution in [2.24, 2.45) is 29.1 Å². The van der Waals surface area contributed by atoms with Gasteiger partial charge in [0, 0.05) is 18.0 Å². The van der Waals surface area contributed by atoms with Crippen molar-refractivity contribution in [3.05, 3.63) is 65.7 Å². The predicted molar refractivity (Wildman–Crippen MR) is 145 cm³/mol. The summed E-state index contributed by atoms with van der Waals surface area (Å²) in [5.41, 5.74) is 0.279. The Morgan fingerprint density at radius 1 is 1.02 bits per heavy atom. The SMILES string of the molecule is COc1ccc(O)c(C2C3=CCC4C(=O)N(CCC(=O)O)C(=O)C4C3CC3C(=O)N(c4ccccc4)C(=O)C32C)c1. The summed E-state index contributed by atoms with van der Waals surface area (Å²) < 4.78 is 5.43. The average Bonchev–Trinajstić information content (AvgIpc) is 3.32. The molecule has 6 atom stereocenters. The molecule has 0 radical (unpaired) electrons. The van der Waals surface area contributed by atoms with Gasteiger partial charge in [0.1, 0.15) is 11.5 Å². The molecule has 2 heterocycles. The molecule has 1 saturated carbocycles. The molecule has 10 nitrogen and oxygen atoms in total. The number of phenolic OH excluding ortho intramolecular Hbond substituents is 1. The Balaban J connectivity index is 1.50. The van der Waals surface area contributed by atoms with E-state index in [1.165, 1.54) is 18.1 Å². The van der Waals surface area contributed by atoms with Crippen LogP contribution >= 0.6 is 0 Å². The number of aliphatic carboxylic acids is 1. The lowest BCUT2D eigenvalue weighted by atomic mass is 9.51. The molecule has 2 aromatic rings. The van der Waals surface area contributed by atoms with Crippen molar-refractivity contribution in [3.8, 4) is 11.5 Å². The Morgan fingerprint density at radius 2 is 1.76 bits per heavy atom. The second-order valence-corrected chi connectivity index (χ2v) is 11.4. The van der Waals surface area contributed by atoms with Crippen molar-refractivity contribution in [2.75, 3.05) is 18.6 Å². The number of carbonyl (C=O) groups is 5. The van der Waals surface area contributed by atoms with E-state index in [-0.39, 0.29) is 31.6 Å². The molecule has 2 aliphatic heterocycles. The largest absolute Gasteiger partial charge is 0.508 e. The number of aromatic hydroxyl groups is 1. The van der Waals surface area contributed by atoms with Gasteiger partial charge in [-0.15, -0.1) is 0 Å². The van der Waals surface area contributed by atoms with Crippen LogP contribution in [0.5, 0.6) is 11.5 Å². The molecule has 2 saturated heterocycles. The number of methoxy groups -OCH3 is 1. The van der Waals surface area contributed by atoms with Crippen LogP contribution in [0.25, 0.3) is 0 Å². The van der Waals surface area contributed by atoms with E-state index in [1.807, 2.05) is 6.08 Å². The van der Waals surface area contributed by atoms with Crippen LogP contribution in [0, 0.1) is 29.1 Å². The highest BCUT2D eigenvalue weighted by molar-refractivity contribution is 6.24. The molecule has 4 aliphatic rings. The summed E-state index contributed by atoms with van der Waals surface area (Å²) in [6.45, 7) is 1.52. The van der Waals surface area contributed by atoms with Crippen molar-refractivity contribution in [3.63, 3.8) is 0 Å². The zero-order valence-electron chi connectivity index (χ0n) is 22.6. The summed E-state index contributed by atoms with van der Waals surface area (Å²) in [5.74, 6) is -6.01. The van der Waals surface area contributed by atoms with E-state index in [9.17, 15) is 29.1 Å². The molecule has 4 amide bonds. The third kappa shape index (κ3) is 3.80. The van der Waals surface area contributed by atoms with Crippen LogP contribution in [0.1, 0.15) is 37.7 Å². The van der Waals surface area contributed by atoms with Crippen molar-refractivity contribution < 1.29 is 38.9 Å². The van der Waals surface area contributed by atoms with E-state index in [0.717, 1.165) is 10.5 Å². The summed E-state index contributed by atoms with van der Waals surface area (Å²) in [5, 5.41) is 20.3. The molecule has 6 rings (SSSR count). The number of allylic oxidation sites excluding steroid dienone is 2. The minimum atomic E-state index is -1.29. The minimum Gasteiger partial charge on any atom is -0.508 e. The first-order chi connectivity index (χ1) is 19.6. The van der Waals surface area contributed by atoms with Gasteiger partial charge in [0.15, 0.2) is 0 Å². The van der Waals surface area contributed by atoms with Crippen molar-refractivity contribution in [1.82, 2.24) is 4.90 Å². The molecule has 0 bridgehead atoms. The Hall–Kier alpha value is -4.47. The third-order valence-corrected chi connectivity index (χ3v) is 9.48. The number of carboxylic acid groups (broad SMARTS) is 1. The summed E-state index contributed by atoms with van der Waals surface area (Å²) in [7, 11) is 1.49. The highest BCUT2D eigenvalue weighted by atomic mass is 16.5. The van der Waals surface area contributed by atoms with E-state index in [0.29, 0.717) is 17.0 Å². The lowest BCUT2D eigenvalue weighted by Crippen LogP contribution is -2.48. The zero-order valence-corrected chi connectivity index (χ0v) is 22.6. The molecule has 2 N–H and O–H groups in total. The van der Waals surface area contributed by atoms with Crippen LogP contribution in [0.2, 0.25) is 0 Å². The summed E-state index contributed by atoms with van der Waals surface area (Å²) in [4.78, 5) is 68.8. The normalized spacial score (nSPS) is 30.6. The quantitative estimate of drug-likeness (QED) is 0.407. The summed E-state index contributed by atoms with van der Waals surface area (Å²) in [6, 6.07) is 13.4. The van der Waals surface area contributed by atoms with Crippen molar-refractivity contribution >= 4 is 35.3 Å². The predicted octanol–water partition coefficient (Wildman–Crippen LogP) is 3.11. The number of amides is 4. The van der Waals surface area contributed by atoms with Crippen LogP contribution in [-0.2, 0) is 24.0 Å². The number of fused-ring (bicyclic) bond motifs is 4. The highest BCUT2D eigenvalue weighted by Gasteiger charge is 2.67. The molecule has 10 heteroatoms. The number of carbonyl (C=O) groups excluding carboxylic acids is 4. The number of benzene rings is 2. The average molecular weight is 559 g/mol. The van der Waals surface area contributed by atoms with Crippen LogP contribution < -0.4 is 9.64 Å². The molecule has 6 unspecified atom stereocenters. The number of phenols is 1.